The summed E-state index contributed by atoms with van der Waals surface area (Å²) in [6, 6.07) is 0. The second kappa shape index (κ2) is 8.71. The van der Waals surface area contributed by atoms with Crippen LogP contribution in [0.2, 0.25) is 0 Å². The Hall–Kier alpha value is 0.220. The van der Waals surface area contributed by atoms with E-state index in [9.17, 15) is 0 Å². The van der Waals surface area contributed by atoms with Crippen molar-refractivity contribution in [3.8, 4) is 0 Å². The molecule has 0 aromatic heterocycles. The van der Waals surface area contributed by atoms with Crippen molar-refractivity contribution in [2.75, 3.05) is 6.61 Å². The van der Waals surface area contributed by atoms with Gasteiger partial charge in [-0.2, -0.15) is 0 Å². The Morgan fingerprint density at radius 2 is 1.54 bits per heavy atom. The highest BCUT2D eigenvalue weighted by Crippen LogP contribution is 2.39. The Balaban J connectivity index is 2.09. The normalized spacial score (nSPS) is 44.6. The molecule has 2 heterocycles. The van der Waals surface area contributed by atoms with Gasteiger partial charge in [-0.25, -0.2) is 0 Å². The third kappa shape index (κ3) is 4.98. The Morgan fingerprint density at radius 1 is 0.923 bits per heavy atom. The highest BCUT2D eigenvalue weighted by atomic mass is 35.6. The number of alkyl halides is 3. The van der Waals surface area contributed by atoms with Crippen LogP contribution in [0, 0.1) is 35.0 Å². The lowest BCUT2D eigenvalue weighted by Crippen LogP contribution is -2.54. The van der Waals surface area contributed by atoms with Crippen molar-refractivity contribution in [3.05, 3.63) is 0 Å². The van der Waals surface area contributed by atoms with Crippen LogP contribution in [0.25, 0.3) is 0 Å². The zero-order valence-corrected chi connectivity index (χ0v) is 18.4. The van der Waals surface area contributed by atoms with Crippen molar-refractivity contribution in [3.63, 3.8) is 0 Å². The van der Waals surface area contributed by atoms with Crippen LogP contribution in [0.1, 0.15) is 41.5 Å². The molecule has 0 bridgehead atoms. The highest BCUT2D eigenvalue weighted by Gasteiger charge is 2.46. The first-order valence-corrected chi connectivity index (χ1v) is 10.3. The van der Waals surface area contributed by atoms with Gasteiger partial charge in [0.15, 0.2) is 6.29 Å². The smallest absolute Gasteiger partial charge is 0.265 e. The maximum atomic E-state index is 7.82. The fraction of sp³-hybridized carbons (Fsp3) is 0.944. The Labute approximate surface area is 171 Å². The van der Waals surface area contributed by atoms with E-state index in [4.69, 9.17) is 59.2 Å². The summed E-state index contributed by atoms with van der Waals surface area (Å²) in [7, 11) is 0. The van der Waals surface area contributed by atoms with E-state index in [-0.39, 0.29) is 36.3 Å². The molecule has 0 spiro atoms. The molecule has 5 nitrogen and oxygen atoms in total. The van der Waals surface area contributed by atoms with Crippen LogP contribution in [0.15, 0.2) is 0 Å². The van der Waals surface area contributed by atoms with Gasteiger partial charge in [0.25, 0.3) is 3.79 Å². The van der Waals surface area contributed by atoms with Crippen molar-refractivity contribution < 1.29 is 18.9 Å². The molecule has 26 heavy (non-hydrogen) atoms. The van der Waals surface area contributed by atoms with E-state index in [2.05, 4.69) is 27.7 Å². The molecule has 2 saturated heterocycles. The summed E-state index contributed by atoms with van der Waals surface area (Å²) in [6.45, 7) is 13.3. The summed E-state index contributed by atoms with van der Waals surface area (Å²) >= 11 is 17.2. The second-order valence-electron chi connectivity index (χ2n) is 7.87. The van der Waals surface area contributed by atoms with Crippen LogP contribution in [-0.4, -0.2) is 41.1 Å². The number of hydrogen-bond acceptors (Lipinski definition) is 5. The lowest BCUT2D eigenvalue weighted by molar-refractivity contribution is -0.298. The predicted octanol–water partition coefficient (Wildman–Crippen LogP) is 5.02. The Morgan fingerprint density at radius 3 is 2.12 bits per heavy atom. The van der Waals surface area contributed by atoms with Crippen molar-refractivity contribution >= 4 is 40.7 Å². The SMILES string of the molecule is CC1[C@@H](O[C@@H]2C(C)[C@@H](OC(=N)C(Cl)(Cl)Cl)OC(C)[C@H]2C)OC[C@@H](C)[C@@H]1C. The Bertz CT molecular complexity index is 501. The van der Waals surface area contributed by atoms with E-state index in [0.29, 0.717) is 18.4 Å². The van der Waals surface area contributed by atoms with Crippen molar-refractivity contribution in [2.45, 2.75) is 70.1 Å². The topological polar surface area (TPSA) is 60.8 Å². The molecule has 2 fully saturated rings. The van der Waals surface area contributed by atoms with Crippen LogP contribution < -0.4 is 0 Å². The van der Waals surface area contributed by atoms with Gasteiger partial charge in [0.2, 0.25) is 12.2 Å². The first-order valence-electron chi connectivity index (χ1n) is 9.18. The third-order valence-corrected chi connectivity index (χ3v) is 6.53. The van der Waals surface area contributed by atoms with Crippen LogP contribution in [0.5, 0.6) is 0 Å². The van der Waals surface area contributed by atoms with E-state index in [1.54, 1.807) is 0 Å². The average Bonchev–Trinajstić information content (AvgIpc) is 2.55. The molecule has 0 aromatic rings. The Kier molecular flexibility index (Phi) is 7.54. The number of ether oxygens (including phenoxy) is 4. The van der Waals surface area contributed by atoms with Crippen molar-refractivity contribution in [1.82, 2.24) is 0 Å². The maximum absolute atomic E-state index is 7.82. The molecular weight excluding hydrogens is 401 g/mol. The monoisotopic (exact) mass is 429 g/mol. The third-order valence-electron chi connectivity index (χ3n) is 6.02. The minimum Gasteiger partial charge on any atom is -0.448 e. The molecule has 0 amide bonds. The molecule has 0 radical (unpaired) electrons. The van der Waals surface area contributed by atoms with Crippen molar-refractivity contribution in [1.29, 1.82) is 5.41 Å². The van der Waals surface area contributed by atoms with Gasteiger partial charge in [0.1, 0.15) is 0 Å². The van der Waals surface area contributed by atoms with E-state index in [0.717, 1.165) is 0 Å². The van der Waals surface area contributed by atoms with Gasteiger partial charge in [-0.3, -0.25) is 5.41 Å². The maximum Gasteiger partial charge on any atom is 0.265 e. The van der Waals surface area contributed by atoms with Gasteiger partial charge in [0, 0.05) is 17.8 Å². The summed E-state index contributed by atoms with van der Waals surface area (Å²) in [5.74, 6) is 0.840. The largest absolute Gasteiger partial charge is 0.448 e. The summed E-state index contributed by atoms with van der Waals surface area (Å²) in [6.07, 6.45) is -1.26. The van der Waals surface area contributed by atoms with Crippen LogP contribution in [-0.2, 0) is 18.9 Å². The van der Waals surface area contributed by atoms with Crippen LogP contribution in [0.4, 0.5) is 0 Å². The molecular formula is C18H30Cl3NO4. The van der Waals surface area contributed by atoms with Gasteiger partial charge in [-0.1, -0.05) is 69.4 Å². The highest BCUT2D eigenvalue weighted by molar-refractivity contribution is 6.76. The van der Waals surface area contributed by atoms with Crippen LogP contribution in [0.3, 0.4) is 0 Å². The molecule has 0 aromatic carbocycles. The molecule has 2 aliphatic rings. The summed E-state index contributed by atoms with van der Waals surface area (Å²) in [5, 5.41) is 7.82. The zero-order chi connectivity index (χ0) is 19.8. The molecule has 9 atom stereocenters. The molecule has 3 unspecified atom stereocenters. The minimum atomic E-state index is -1.92. The average molecular weight is 431 g/mol. The zero-order valence-electron chi connectivity index (χ0n) is 16.2. The summed E-state index contributed by atoms with van der Waals surface area (Å²) < 4.78 is 21.9. The number of rotatable bonds is 3. The molecule has 8 heteroatoms. The minimum absolute atomic E-state index is 0.125. The number of hydrogen-bond donors (Lipinski definition) is 1. The molecule has 2 aliphatic heterocycles. The standard InChI is InChI=1S/C18H30Cl3NO4/c1-8-7-23-15(10(3)9(8)2)25-14-11(4)13(6)24-16(12(14)5)26-17(22)18(19,20)21/h8-16,22H,7H2,1-6H3/t8-,9+,10?,11-,12?,13?,14+,15-,16-/m1/s1. The second-order valence-corrected chi connectivity index (χ2v) is 10.2. The van der Waals surface area contributed by atoms with E-state index in [1.807, 2.05) is 13.8 Å². The fourth-order valence-electron chi connectivity index (χ4n) is 3.56. The predicted molar refractivity (Wildman–Crippen MR) is 104 cm³/mol. The first-order chi connectivity index (χ1) is 11.9. The van der Waals surface area contributed by atoms with Crippen LogP contribution >= 0.6 is 34.8 Å². The fourth-order valence-corrected chi connectivity index (χ4v) is 3.69. The number of nitrogens with one attached hydrogen (secondary N) is 1. The quantitative estimate of drug-likeness (QED) is 0.388. The lowest BCUT2D eigenvalue weighted by Gasteiger charge is -2.47. The number of halogens is 3. The molecule has 152 valence electrons. The molecule has 1 N–H and O–H groups in total. The van der Waals surface area contributed by atoms with Gasteiger partial charge in [-0.05, 0) is 18.8 Å². The first kappa shape index (κ1) is 22.5. The lowest BCUT2D eigenvalue weighted by atomic mass is 9.82. The van der Waals surface area contributed by atoms with E-state index >= 15 is 0 Å². The van der Waals surface area contributed by atoms with Crippen molar-refractivity contribution in [2.24, 2.45) is 29.6 Å². The van der Waals surface area contributed by atoms with Gasteiger partial charge >= 0.3 is 0 Å². The summed E-state index contributed by atoms with van der Waals surface area (Å²) in [5.41, 5.74) is 0. The van der Waals surface area contributed by atoms with Gasteiger partial charge in [-0.15, -0.1) is 0 Å². The van der Waals surface area contributed by atoms with E-state index < -0.39 is 16.0 Å². The molecule has 2 rings (SSSR count). The van der Waals surface area contributed by atoms with Gasteiger partial charge in [0.05, 0.1) is 18.8 Å². The molecule has 0 saturated carbocycles. The molecule has 0 aliphatic carbocycles. The van der Waals surface area contributed by atoms with E-state index in [1.165, 1.54) is 0 Å². The summed E-state index contributed by atoms with van der Waals surface area (Å²) in [4.78, 5) is 0. The van der Waals surface area contributed by atoms with Gasteiger partial charge < -0.3 is 18.9 Å².